The Kier molecular flexibility index (Phi) is 6.83. The topological polar surface area (TPSA) is 87.1 Å². The van der Waals surface area contributed by atoms with Gasteiger partial charge in [0, 0.05) is 21.8 Å². The number of aliphatic hydroxyl groups is 1. The molecule has 1 saturated heterocycles. The molecule has 1 amide bonds. The molecule has 186 valence electrons. The molecule has 36 heavy (non-hydrogen) atoms. The van der Waals surface area contributed by atoms with Gasteiger partial charge in [0.15, 0.2) is 0 Å². The fourth-order valence-electron chi connectivity index (χ4n) is 4.40. The lowest BCUT2D eigenvalue weighted by Gasteiger charge is -2.26. The zero-order valence-corrected chi connectivity index (χ0v) is 21.3. The molecule has 2 N–H and O–H groups in total. The Morgan fingerprint density at radius 3 is 2.33 bits per heavy atom. The van der Waals surface area contributed by atoms with E-state index in [1.165, 1.54) is 17.0 Å². The Labute approximate surface area is 215 Å². The normalized spacial score (nSPS) is 17.5. The van der Waals surface area contributed by atoms with Crippen molar-refractivity contribution in [3.05, 3.63) is 94.0 Å². The Hall–Kier alpha value is -3.77. The minimum Gasteiger partial charge on any atom is -0.508 e. The number of ketones is 1. The highest BCUT2D eigenvalue weighted by Gasteiger charge is 2.47. The molecule has 0 aromatic heterocycles. The van der Waals surface area contributed by atoms with Crippen LogP contribution in [0.15, 0.2) is 72.3 Å². The van der Waals surface area contributed by atoms with E-state index in [0.29, 0.717) is 34.2 Å². The van der Waals surface area contributed by atoms with Crippen molar-refractivity contribution in [1.29, 1.82) is 0 Å². The van der Waals surface area contributed by atoms with Crippen molar-refractivity contribution in [3.8, 4) is 11.5 Å². The van der Waals surface area contributed by atoms with E-state index in [1.807, 2.05) is 27.7 Å². The van der Waals surface area contributed by atoms with Crippen LogP contribution < -0.4 is 9.64 Å². The molecule has 1 atom stereocenters. The molecule has 0 aliphatic carbocycles. The number of benzene rings is 3. The van der Waals surface area contributed by atoms with Crippen molar-refractivity contribution in [2.45, 2.75) is 39.2 Å². The minimum absolute atomic E-state index is 0.0415. The third-order valence-electron chi connectivity index (χ3n) is 6.10. The van der Waals surface area contributed by atoms with Gasteiger partial charge in [0.05, 0.1) is 18.2 Å². The number of ether oxygens (including phenoxy) is 1. The van der Waals surface area contributed by atoms with E-state index in [0.717, 1.165) is 5.56 Å². The van der Waals surface area contributed by atoms with Crippen LogP contribution in [0, 0.1) is 0 Å². The van der Waals surface area contributed by atoms with E-state index in [4.69, 9.17) is 16.3 Å². The first-order chi connectivity index (χ1) is 17.0. The van der Waals surface area contributed by atoms with Crippen molar-refractivity contribution in [2.75, 3.05) is 11.5 Å². The van der Waals surface area contributed by atoms with Crippen molar-refractivity contribution in [2.24, 2.45) is 0 Å². The first-order valence-corrected chi connectivity index (χ1v) is 12.0. The molecule has 3 aromatic carbocycles. The van der Waals surface area contributed by atoms with E-state index in [1.54, 1.807) is 54.6 Å². The van der Waals surface area contributed by atoms with Crippen LogP contribution in [0.2, 0.25) is 5.02 Å². The van der Waals surface area contributed by atoms with Gasteiger partial charge < -0.3 is 14.9 Å². The maximum Gasteiger partial charge on any atom is 0.300 e. The van der Waals surface area contributed by atoms with Crippen LogP contribution in [-0.2, 0) is 15.0 Å². The maximum atomic E-state index is 13.4. The Balaban J connectivity index is 1.95. The van der Waals surface area contributed by atoms with Gasteiger partial charge in [-0.25, -0.2) is 0 Å². The molecule has 0 bridgehead atoms. The Morgan fingerprint density at radius 2 is 1.72 bits per heavy atom. The molecule has 0 spiro atoms. The molecule has 0 radical (unpaired) electrons. The number of hydrogen-bond donors (Lipinski definition) is 2. The molecule has 4 rings (SSSR count). The van der Waals surface area contributed by atoms with Crippen molar-refractivity contribution in [1.82, 2.24) is 0 Å². The standard InChI is InChI=1S/C29H28ClNO5/c1-5-36-23-14-11-18(15-22(23)29(2,3)4)26(33)24-25(17-9-12-21(32)13-10-17)31(28(35)27(24)34)20-8-6-7-19(30)16-20/h6-16,25,32-33H,5H2,1-4H3/b26-24-. The number of amides is 1. The van der Waals surface area contributed by atoms with E-state index >= 15 is 0 Å². The van der Waals surface area contributed by atoms with Crippen molar-refractivity contribution < 1.29 is 24.5 Å². The molecule has 1 aliphatic heterocycles. The Morgan fingerprint density at radius 1 is 1.03 bits per heavy atom. The lowest BCUT2D eigenvalue weighted by atomic mass is 9.84. The molecule has 0 saturated carbocycles. The molecule has 7 heteroatoms. The Bertz CT molecular complexity index is 1350. The summed E-state index contributed by atoms with van der Waals surface area (Å²) in [5.41, 5.74) is 1.88. The number of carbonyl (C=O) groups is 2. The zero-order valence-electron chi connectivity index (χ0n) is 20.6. The largest absolute Gasteiger partial charge is 0.508 e. The quantitative estimate of drug-likeness (QED) is 0.239. The summed E-state index contributed by atoms with van der Waals surface area (Å²) >= 11 is 6.19. The number of Topliss-reactive ketones (excluding diaryl/α,β-unsaturated/α-hetero) is 1. The van der Waals surface area contributed by atoms with Crippen LogP contribution in [0.3, 0.4) is 0 Å². The molecule has 3 aromatic rings. The number of phenols is 1. The van der Waals surface area contributed by atoms with Crippen molar-refractivity contribution in [3.63, 3.8) is 0 Å². The summed E-state index contributed by atoms with van der Waals surface area (Å²) in [5, 5.41) is 21.7. The van der Waals surface area contributed by atoms with E-state index in [2.05, 4.69) is 0 Å². The molecule has 1 heterocycles. The van der Waals surface area contributed by atoms with Crippen LogP contribution in [0.25, 0.3) is 5.76 Å². The second-order valence-corrected chi connectivity index (χ2v) is 10.1. The summed E-state index contributed by atoms with van der Waals surface area (Å²) in [4.78, 5) is 28.0. The van der Waals surface area contributed by atoms with E-state index in [9.17, 15) is 19.8 Å². The second kappa shape index (κ2) is 9.70. The summed E-state index contributed by atoms with van der Waals surface area (Å²) in [5.74, 6) is -1.14. The first kappa shape index (κ1) is 25.3. The number of phenolic OH excluding ortho intramolecular Hbond substituents is 1. The van der Waals surface area contributed by atoms with Gasteiger partial charge in [-0.05, 0) is 66.4 Å². The number of hydrogen-bond acceptors (Lipinski definition) is 5. The van der Waals surface area contributed by atoms with Gasteiger partial charge in [0.1, 0.15) is 17.3 Å². The van der Waals surface area contributed by atoms with Crippen LogP contribution in [0.1, 0.15) is 50.4 Å². The number of aliphatic hydroxyl groups excluding tert-OH is 1. The lowest BCUT2D eigenvalue weighted by molar-refractivity contribution is -0.132. The SMILES string of the molecule is CCOc1ccc(/C(O)=C2/C(=O)C(=O)N(c3cccc(Cl)c3)C2c2ccc(O)cc2)cc1C(C)(C)C. The summed E-state index contributed by atoms with van der Waals surface area (Å²) < 4.78 is 5.79. The minimum atomic E-state index is -0.922. The number of nitrogens with zero attached hydrogens (tertiary/aromatic N) is 1. The van der Waals surface area contributed by atoms with Gasteiger partial charge in [0.25, 0.3) is 11.7 Å². The van der Waals surface area contributed by atoms with E-state index < -0.39 is 17.7 Å². The molecule has 1 unspecified atom stereocenters. The third-order valence-corrected chi connectivity index (χ3v) is 6.34. The van der Waals surface area contributed by atoms with Gasteiger partial charge in [0.2, 0.25) is 0 Å². The number of rotatable bonds is 5. The van der Waals surface area contributed by atoms with Gasteiger partial charge >= 0.3 is 0 Å². The highest BCUT2D eigenvalue weighted by Crippen LogP contribution is 2.43. The average Bonchev–Trinajstić information content (AvgIpc) is 3.09. The second-order valence-electron chi connectivity index (χ2n) is 9.63. The number of halogens is 1. The van der Waals surface area contributed by atoms with Gasteiger partial charge in [-0.2, -0.15) is 0 Å². The predicted octanol–water partition coefficient (Wildman–Crippen LogP) is 6.37. The summed E-state index contributed by atoms with van der Waals surface area (Å²) in [6, 6.07) is 17.1. The molecule has 6 nitrogen and oxygen atoms in total. The zero-order chi connectivity index (χ0) is 26.2. The molecular weight excluding hydrogens is 478 g/mol. The van der Waals surface area contributed by atoms with Gasteiger partial charge in [-0.15, -0.1) is 0 Å². The average molecular weight is 506 g/mol. The third kappa shape index (κ3) is 4.69. The smallest absolute Gasteiger partial charge is 0.300 e. The highest BCUT2D eigenvalue weighted by molar-refractivity contribution is 6.51. The van der Waals surface area contributed by atoms with Crippen LogP contribution in [-0.4, -0.2) is 28.5 Å². The first-order valence-electron chi connectivity index (χ1n) is 11.7. The summed E-state index contributed by atoms with van der Waals surface area (Å²) in [6.07, 6.45) is 0. The number of carbonyl (C=O) groups excluding carboxylic acids is 2. The maximum absolute atomic E-state index is 13.4. The number of anilines is 1. The van der Waals surface area contributed by atoms with Gasteiger partial charge in [-0.3, -0.25) is 14.5 Å². The lowest BCUT2D eigenvalue weighted by Crippen LogP contribution is -2.29. The van der Waals surface area contributed by atoms with Crippen LogP contribution >= 0.6 is 11.6 Å². The van der Waals surface area contributed by atoms with E-state index in [-0.39, 0.29) is 22.5 Å². The monoisotopic (exact) mass is 505 g/mol. The molecule has 1 fully saturated rings. The summed E-state index contributed by atoms with van der Waals surface area (Å²) in [7, 11) is 0. The fraction of sp³-hybridized carbons (Fsp3) is 0.241. The number of aromatic hydroxyl groups is 1. The van der Waals surface area contributed by atoms with Crippen LogP contribution in [0.4, 0.5) is 5.69 Å². The fourth-order valence-corrected chi connectivity index (χ4v) is 4.58. The van der Waals surface area contributed by atoms with Crippen LogP contribution in [0.5, 0.6) is 11.5 Å². The highest BCUT2D eigenvalue weighted by atomic mass is 35.5. The molecular formula is C29H28ClNO5. The van der Waals surface area contributed by atoms with Crippen molar-refractivity contribution >= 4 is 34.7 Å². The summed E-state index contributed by atoms with van der Waals surface area (Å²) in [6.45, 7) is 8.48. The molecule has 1 aliphatic rings. The van der Waals surface area contributed by atoms with Gasteiger partial charge in [-0.1, -0.05) is 50.6 Å². The predicted molar refractivity (Wildman–Crippen MR) is 141 cm³/mol.